The van der Waals surface area contributed by atoms with Gasteiger partial charge in [0.1, 0.15) is 5.75 Å². The van der Waals surface area contributed by atoms with Gasteiger partial charge in [0.2, 0.25) is 15.9 Å². The van der Waals surface area contributed by atoms with Gasteiger partial charge in [0, 0.05) is 39.3 Å². The van der Waals surface area contributed by atoms with Crippen LogP contribution in [0.5, 0.6) is 5.75 Å². The van der Waals surface area contributed by atoms with E-state index < -0.39 is 22.2 Å². The first kappa shape index (κ1) is 29.2. The van der Waals surface area contributed by atoms with Crippen molar-refractivity contribution in [1.29, 1.82) is 0 Å². The molecule has 2 saturated heterocycles. The van der Waals surface area contributed by atoms with Crippen molar-refractivity contribution in [3.63, 3.8) is 0 Å². The second-order valence-corrected chi connectivity index (χ2v) is 11.8. The van der Waals surface area contributed by atoms with Crippen molar-refractivity contribution >= 4 is 21.9 Å². The number of sulfonamides is 1. The van der Waals surface area contributed by atoms with Crippen LogP contribution in [-0.2, 0) is 19.6 Å². The predicted molar refractivity (Wildman–Crippen MR) is 128 cm³/mol. The van der Waals surface area contributed by atoms with Crippen LogP contribution < -0.4 is 10.1 Å². The summed E-state index contributed by atoms with van der Waals surface area (Å²) in [4.78, 5) is 24.5. The number of hydrogen-bond acceptors (Lipinski definition) is 6. The van der Waals surface area contributed by atoms with E-state index in [9.17, 15) is 26.4 Å². The van der Waals surface area contributed by atoms with Crippen LogP contribution in [0.2, 0.25) is 0 Å². The number of likely N-dealkylation sites (tertiary alicyclic amines) is 1. The van der Waals surface area contributed by atoms with Gasteiger partial charge in [0.05, 0.1) is 17.4 Å². The average molecular weight is 550 g/mol. The minimum absolute atomic E-state index is 0.0524. The summed E-state index contributed by atoms with van der Waals surface area (Å²) in [6, 6.07) is 6.68. The molecule has 37 heavy (non-hydrogen) atoms. The number of piperidine rings is 1. The Morgan fingerprint density at radius 3 is 2.32 bits per heavy atom. The summed E-state index contributed by atoms with van der Waals surface area (Å²) < 4.78 is 64.9. The lowest BCUT2D eigenvalue weighted by Crippen LogP contribution is -2.49. The second kappa shape index (κ2) is 10.8. The molecule has 0 aromatic heterocycles. The Morgan fingerprint density at radius 2 is 1.81 bits per heavy atom. The van der Waals surface area contributed by atoms with Gasteiger partial charge in [-0.15, -0.1) is 0 Å². The van der Waals surface area contributed by atoms with Gasteiger partial charge in [-0.05, 0) is 55.7 Å². The zero-order valence-electron chi connectivity index (χ0n) is 21.2. The average Bonchev–Trinajstić information content (AvgIpc) is 3.40. The molecule has 0 radical (unpaired) electrons. The molecular weight excluding hydrogens is 515 g/mol. The molecule has 1 spiro atoms. The number of carbonyl (C=O) groups is 2. The third-order valence-corrected chi connectivity index (χ3v) is 10.1. The number of methoxy groups -OCH3 is 1. The maximum Gasteiger partial charge on any atom is 0.490 e. The van der Waals surface area contributed by atoms with Gasteiger partial charge in [0.25, 0.3) is 0 Å². The number of carbonyl (C=O) groups excluding carboxylic acids is 1. The standard InChI is InChI=1S/C22H33N3O4S.C2HF3O2/c1-4-24-15-19-21(8-9-22(19,16-24)20(26)23-2)10-12-25(13-11-21)30(27,28)18-7-5-6-17(14-18)29-3;3-2(4,5)1(6)7/h5-7,14,19H,4,8-13,15-16H2,1-3H3,(H,23,26);(H,6,7)/t19-,22+;/m0./s1. The molecule has 3 aliphatic rings. The third-order valence-electron chi connectivity index (χ3n) is 8.19. The van der Waals surface area contributed by atoms with Gasteiger partial charge in [-0.3, -0.25) is 4.79 Å². The van der Waals surface area contributed by atoms with Gasteiger partial charge in [0.15, 0.2) is 0 Å². The van der Waals surface area contributed by atoms with Crippen molar-refractivity contribution in [2.45, 2.75) is 43.7 Å². The largest absolute Gasteiger partial charge is 0.497 e. The highest BCUT2D eigenvalue weighted by atomic mass is 32.2. The Balaban J connectivity index is 0.000000479. The van der Waals surface area contributed by atoms with E-state index in [0.717, 1.165) is 45.3 Å². The van der Waals surface area contributed by atoms with Gasteiger partial charge in [-0.1, -0.05) is 13.0 Å². The van der Waals surface area contributed by atoms with E-state index >= 15 is 0 Å². The fraction of sp³-hybridized carbons (Fsp3) is 0.667. The zero-order chi connectivity index (χ0) is 27.6. The monoisotopic (exact) mass is 549 g/mol. The number of rotatable bonds is 5. The Morgan fingerprint density at radius 1 is 1.19 bits per heavy atom. The van der Waals surface area contributed by atoms with Crippen molar-refractivity contribution in [3.8, 4) is 5.75 Å². The number of amides is 1. The molecule has 13 heteroatoms. The number of hydrogen-bond donors (Lipinski definition) is 2. The minimum Gasteiger partial charge on any atom is -0.497 e. The summed E-state index contributed by atoms with van der Waals surface area (Å²) in [6.45, 7) is 5.86. The molecule has 4 rings (SSSR count). The maximum absolute atomic E-state index is 13.2. The number of carboxylic acid groups (broad SMARTS) is 1. The van der Waals surface area contributed by atoms with Crippen molar-refractivity contribution in [2.75, 3.05) is 46.9 Å². The van der Waals surface area contributed by atoms with E-state index in [4.69, 9.17) is 14.6 Å². The first-order chi connectivity index (χ1) is 17.3. The van der Waals surface area contributed by atoms with Gasteiger partial charge in [-0.2, -0.15) is 17.5 Å². The number of aliphatic carboxylic acids is 1. The van der Waals surface area contributed by atoms with Crippen LogP contribution in [0.15, 0.2) is 29.2 Å². The summed E-state index contributed by atoms with van der Waals surface area (Å²) in [5.74, 6) is -1.76. The van der Waals surface area contributed by atoms with Crippen molar-refractivity contribution in [3.05, 3.63) is 24.3 Å². The molecule has 2 heterocycles. The number of fused-ring (bicyclic) bond motifs is 2. The second-order valence-electron chi connectivity index (χ2n) is 9.86. The molecule has 2 N–H and O–H groups in total. The van der Waals surface area contributed by atoms with E-state index in [1.165, 1.54) is 7.11 Å². The summed E-state index contributed by atoms with van der Waals surface area (Å²) in [5, 5.41) is 10.0. The molecular formula is C24H34F3N3O6S. The predicted octanol–water partition coefficient (Wildman–Crippen LogP) is 2.58. The van der Waals surface area contributed by atoms with E-state index in [-0.39, 0.29) is 21.6 Å². The number of nitrogens with one attached hydrogen (secondary N) is 1. The van der Waals surface area contributed by atoms with Crippen LogP contribution in [0.4, 0.5) is 13.2 Å². The number of alkyl halides is 3. The lowest BCUT2D eigenvalue weighted by molar-refractivity contribution is -0.192. The van der Waals surface area contributed by atoms with E-state index in [0.29, 0.717) is 24.8 Å². The van der Waals surface area contributed by atoms with Crippen molar-refractivity contribution < 1.29 is 41.0 Å². The molecule has 0 unspecified atom stereocenters. The zero-order valence-corrected chi connectivity index (χ0v) is 22.0. The molecule has 0 bridgehead atoms. The first-order valence-electron chi connectivity index (χ1n) is 12.1. The lowest BCUT2D eigenvalue weighted by atomic mass is 9.66. The molecule has 1 aliphatic carbocycles. The summed E-state index contributed by atoms with van der Waals surface area (Å²) in [5.41, 5.74) is -0.268. The molecule has 1 aromatic rings. The molecule has 1 saturated carbocycles. The van der Waals surface area contributed by atoms with Crippen LogP contribution in [0.1, 0.15) is 32.6 Å². The molecule has 208 valence electrons. The van der Waals surface area contributed by atoms with Crippen LogP contribution in [0, 0.1) is 16.7 Å². The summed E-state index contributed by atoms with van der Waals surface area (Å²) >= 11 is 0. The fourth-order valence-corrected chi connectivity index (χ4v) is 7.68. The first-order valence-corrected chi connectivity index (χ1v) is 13.6. The van der Waals surface area contributed by atoms with Crippen LogP contribution in [-0.4, -0.2) is 87.7 Å². The SMILES string of the molecule is CCN1C[C@H]2C3(CCN(S(=O)(=O)c4cccc(OC)c4)CC3)CC[C@@]2(C(=O)NC)C1.O=C(O)C(F)(F)F. The number of ether oxygens (including phenoxy) is 1. The molecule has 9 nitrogen and oxygen atoms in total. The quantitative estimate of drug-likeness (QED) is 0.580. The molecule has 1 aromatic carbocycles. The number of benzene rings is 1. The van der Waals surface area contributed by atoms with Gasteiger partial charge in [-0.25, -0.2) is 13.2 Å². The third kappa shape index (κ3) is 5.58. The van der Waals surface area contributed by atoms with Crippen molar-refractivity contribution in [2.24, 2.45) is 16.7 Å². The Kier molecular flexibility index (Phi) is 8.50. The molecule has 2 aliphatic heterocycles. The topological polar surface area (TPSA) is 116 Å². The van der Waals surface area contributed by atoms with Gasteiger partial charge >= 0.3 is 12.1 Å². The molecule has 3 fully saturated rings. The lowest BCUT2D eigenvalue weighted by Gasteiger charge is -2.44. The Hall–Kier alpha value is -2.38. The van der Waals surface area contributed by atoms with Crippen LogP contribution in [0.3, 0.4) is 0 Å². The van der Waals surface area contributed by atoms with Gasteiger partial charge < -0.3 is 20.1 Å². The molecule has 1 amide bonds. The highest BCUT2D eigenvalue weighted by Crippen LogP contribution is 2.62. The summed E-state index contributed by atoms with van der Waals surface area (Å²) in [7, 11) is -0.280. The van der Waals surface area contributed by atoms with Crippen LogP contribution >= 0.6 is 0 Å². The highest BCUT2D eigenvalue weighted by molar-refractivity contribution is 7.89. The van der Waals surface area contributed by atoms with E-state index in [1.807, 2.05) is 0 Å². The minimum atomic E-state index is -5.08. The Labute approximate surface area is 215 Å². The number of nitrogens with zero attached hydrogens (tertiary/aromatic N) is 2. The summed E-state index contributed by atoms with van der Waals surface area (Å²) in [6.07, 6.45) is -1.54. The maximum atomic E-state index is 13.2. The normalized spacial score (nSPS) is 25.7. The van der Waals surface area contributed by atoms with Crippen molar-refractivity contribution in [1.82, 2.24) is 14.5 Å². The number of halogens is 3. The Bertz CT molecular complexity index is 1110. The fourth-order valence-electron chi connectivity index (χ4n) is 6.20. The number of carboxylic acids is 1. The molecule has 2 atom stereocenters. The van der Waals surface area contributed by atoms with E-state index in [1.54, 1.807) is 35.6 Å². The van der Waals surface area contributed by atoms with E-state index in [2.05, 4.69) is 17.1 Å². The van der Waals surface area contributed by atoms with Crippen LogP contribution in [0.25, 0.3) is 0 Å². The highest BCUT2D eigenvalue weighted by Gasteiger charge is 2.64. The smallest absolute Gasteiger partial charge is 0.490 e.